The molecule has 2 heterocycles. The van der Waals surface area contributed by atoms with Crippen LogP contribution in [0.2, 0.25) is 0 Å². The Morgan fingerprint density at radius 2 is 2.14 bits per heavy atom. The molecule has 2 N–H and O–H groups in total. The molecular formula is C15H19N5O. The fourth-order valence-electron chi connectivity index (χ4n) is 2.66. The van der Waals surface area contributed by atoms with Gasteiger partial charge in [-0.2, -0.15) is 5.10 Å². The van der Waals surface area contributed by atoms with Crippen LogP contribution < -0.4 is 10.6 Å². The summed E-state index contributed by atoms with van der Waals surface area (Å²) in [7, 11) is 0. The lowest BCUT2D eigenvalue weighted by Gasteiger charge is -2.22. The number of nitrogens with zero attached hydrogens (tertiary/aromatic N) is 3. The number of para-hydroxylation sites is 2. The van der Waals surface area contributed by atoms with E-state index in [0.717, 1.165) is 37.3 Å². The Bertz CT molecular complexity index is 590. The lowest BCUT2D eigenvalue weighted by molar-refractivity contribution is -0.117. The number of benzene rings is 1. The Morgan fingerprint density at radius 3 is 2.90 bits per heavy atom. The maximum absolute atomic E-state index is 12.2. The minimum atomic E-state index is 0.0643. The van der Waals surface area contributed by atoms with Crippen molar-refractivity contribution < 1.29 is 4.79 Å². The van der Waals surface area contributed by atoms with Crippen molar-refractivity contribution in [3.8, 4) is 5.69 Å². The molecule has 0 unspecified atom stereocenters. The number of anilines is 1. The normalized spacial score (nSPS) is 15.8. The SMILES string of the molecule is O=C(CC1CCNCC1)Nc1ccccc1-n1cncn1. The van der Waals surface area contributed by atoms with Crippen LogP contribution in [0.4, 0.5) is 5.69 Å². The molecule has 1 aromatic carbocycles. The molecule has 0 spiro atoms. The van der Waals surface area contributed by atoms with E-state index in [1.165, 1.54) is 6.33 Å². The minimum Gasteiger partial charge on any atom is -0.324 e. The van der Waals surface area contributed by atoms with Gasteiger partial charge in [-0.3, -0.25) is 4.79 Å². The highest BCUT2D eigenvalue weighted by molar-refractivity contribution is 5.92. The Kier molecular flexibility index (Phi) is 4.25. The van der Waals surface area contributed by atoms with Crippen LogP contribution in [-0.4, -0.2) is 33.8 Å². The molecule has 0 aliphatic carbocycles. The zero-order valence-corrected chi connectivity index (χ0v) is 11.8. The Labute approximate surface area is 123 Å². The monoisotopic (exact) mass is 285 g/mol. The third-order valence-corrected chi connectivity index (χ3v) is 3.78. The van der Waals surface area contributed by atoms with Crippen molar-refractivity contribution in [2.75, 3.05) is 18.4 Å². The van der Waals surface area contributed by atoms with Gasteiger partial charge in [-0.25, -0.2) is 9.67 Å². The number of carbonyl (C=O) groups is 1. The molecule has 1 aromatic heterocycles. The van der Waals surface area contributed by atoms with Crippen molar-refractivity contribution in [2.24, 2.45) is 5.92 Å². The van der Waals surface area contributed by atoms with E-state index in [4.69, 9.17) is 0 Å². The van der Waals surface area contributed by atoms with Crippen LogP contribution in [0.15, 0.2) is 36.9 Å². The van der Waals surface area contributed by atoms with Crippen LogP contribution in [0.3, 0.4) is 0 Å². The van der Waals surface area contributed by atoms with Gasteiger partial charge in [0.1, 0.15) is 12.7 Å². The summed E-state index contributed by atoms with van der Waals surface area (Å²) in [5, 5.41) is 10.4. The highest BCUT2D eigenvalue weighted by Crippen LogP contribution is 2.21. The van der Waals surface area contributed by atoms with Crippen molar-refractivity contribution in [1.29, 1.82) is 0 Å². The minimum absolute atomic E-state index is 0.0643. The van der Waals surface area contributed by atoms with Crippen molar-refractivity contribution >= 4 is 11.6 Å². The average molecular weight is 285 g/mol. The number of amides is 1. The zero-order chi connectivity index (χ0) is 14.5. The van der Waals surface area contributed by atoms with E-state index in [1.807, 2.05) is 24.3 Å². The second-order valence-electron chi connectivity index (χ2n) is 5.30. The van der Waals surface area contributed by atoms with Gasteiger partial charge in [0, 0.05) is 6.42 Å². The summed E-state index contributed by atoms with van der Waals surface area (Å²) in [4.78, 5) is 16.2. The summed E-state index contributed by atoms with van der Waals surface area (Å²) in [5.41, 5.74) is 1.59. The van der Waals surface area contributed by atoms with Gasteiger partial charge >= 0.3 is 0 Å². The molecule has 1 amide bonds. The van der Waals surface area contributed by atoms with E-state index < -0.39 is 0 Å². The van der Waals surface area contributed by atoms with Crippen LogP contribution in [0.1, 0.15) is 19.3 Å². The second-order valence-corrected chi connectivity index (χ2v) is 5.30. The molecule has 1 fully saturated rings. The van der Waals surface area contributed by atoms with Gasteiger partial charge < -0.3 is 10.6 Å². The lowest BCUT2D eigenvalue weighted by Crippen LogP contribution is -2.30. The number of piperidine rings is 1. The summed E-state index contributed by atoms with van der Waals surface area (Å²) >= 11 is 0. The van der Waals surface area contributed by atoms with E-state index in [0.29, 0.717) is 12.3 Å². The molecule has 110 valence electrons. The van der Waals surface area contributed by atoms with Crippen LogP contribution in [-0.2, 0) is 4.79 Å². The number of carbonyl (C=O) groups excluding carboxylic acids is 1. The number of aromatic nitrogens is 3. The van der Waals surface area contributed by atoms with Gasteiger partial charge in [-0.1, -0.05) is 12.1 Å². The molecule has 21 heavy (non-hydrogen) atoms. The Balaban J connectivity index is 1.68. The van der Waals surface area contributed by atoms with E-state index in [-0.39, 0.29) is 5.91 Å². The highest BCUT2D eigenvalue weighted by atomic mass is 16.1. The summed E-state index contributed by atoms with van der Waals surface area (Å²) in [5.74, 6) is 0.541. The van der Waals surface area contributed by atoms with Crippen molar-refractivity contribution in [3.63, 3.8) is 0 Å². The van der Waals surface area contributed by atoms with Crippen LogP contribution in [0, 0.1) is 5.92 Å². The molecule has 1 aliphatic rings. The first-order valence-corrected chi connectivity index (χ1v) is 7.27. The predicted molar refractivity (Wildman–Crippen MR) is 80.2 cm³/mol. The third-order valence-electron chi connectivity index (χ3n) is 3.78. The van der Waals surface area contributed by atoms with Gasteiger partial charge in [0.2, 0.25) is 5.91 Å². The van der Waals surface area contributed by atoms with Crippen LogP contribution >= 0.6 is 0 Å². The van der Waals surface area contributed by atoms with Crippen molar-refractivity contribution in [1.82, 2.24) is 20.1 Å². The smallest absolute Gasteiger partial charge is 0.224 e. The Morgan fingerprint density at radius 1 is 1.33 bits per heavy atom. The summed E-state index contributed by atoms with van der Waals surface area (Å²) in [6.45, 7) is 2.01. The van der Waals surface area contributed by atoms with Crippen LogP contribution in [0.5, 0.6) is 0 Å². The molecule has 6 heteroatoms. The molecule has 1 saturated heterocycles. The number of hydrogen-bond acceptors (Lipinski definition) is 4. The van der Waals surface area contributed by atoms with Gasteiger partial charge in [-0.05, 0) is 44.0 Å². The van der Waals surface area contributed by atoms with Crippen molar-refractivity contribution in [2.45, 2.75) is 19.3 Å². The summed E-state index contributed by atoms with van der Waals surface area (Å²) in [6.07, 6.45) is 5.81. The first-order valence-electron chi connectivity index (χ1n) is 7.27. The lowest BCUT2D eigenvalue weighted by atomic mass is 9.94. The van der Waals surface area contributed by atoms with E-state index in [9.17, 15) is 4.79 Å². The highest BCUT2D eigenvalue weighted by Gasteiger charge is 2.17. The maximum Gasteiger partial charge on any atom is 0.224 e. The molecule has 1 aliphatic heterocycles. The van der Waals surface area contributed by atoms with E-state index >= 15 is 0 Å². The van der Waals surface area contributed by atoms with Crippen LogP contribution in [0.25, 0.3) is 5.69 Å². The summed E-state index contributed by atoms with van der Waals surface area (Å²) < 4.78 is 1.65. The second kappa shape index (κ2) is 6.49. The fourth-order valence-corrected chi connectivity index (χ4v) is 2.66. The molecule has 2 aromatic rings. The van der Waals surface area contributed by atoms with E-state index in [1.54, 1.807) is 11.0 Å². The number of hydrogen-bond donors (Lipinski definition) is 2. The largest absolute Gasteiger partial charge is 0.324 e. The first-order chi connectivity index (χ1) is 10.3. The fraction of sp³-hybridized carbons (Fsp3) is 0.400. The Hall–Kier alpha value is -2.21. The molecule has 0 saturated carbocycles. The molecule has 6 nitrogen and oxygen atoms in total. The van der Waals surface area contributed by atoms with Gasteiger partial charge in [-0.15, -0.1) is 0 Å². The number of nitrogens with one attached hydrogen (secondary N) is 2. The number of rotatable bonds is 4. The zero-order valence-electron chi connectivity index (χ0n) is 11.8. The quantitative estimate of drug-likeness (QED) is 0.895. The maximum atomic E-state index is 12.2. The standard InChI is InChI=1S/C15H19N5O/c21-15(9-12-5-7-16-8-6-12)19-13-3-1-2-4-14(13)20-11-17-10-18-20/h1-4,10-12,16H,5-9H2,(H,19,21). The molecule has 3 rings (SSSR count). The van der Waals surface area contributed by atoms with Gasteiger partial charge in [0.05, 0.1) is 11.4 Å². The summed E-state index contributed by atoms with van der Waals surface area (Å²) in [6, 6.07) is 7.62. The van der Waals surface area contributed by atoms with E-state index in [2.05, 4.69) is 20.7 Å². The first kappa shape index (κ1) is 13.8. The predicted octanol–water partition coefficient (Wildman–Crippen LogP) is 1.60. The average Bonchev–Trinajstić information content (AvgIpc) is 3.03. The van der Waals surface area contributed by atoms with Gasteiger partial charge in [0.15, 0.2) is 0 Å². The molecule has 0 radical (unpaired) electrons. The molecular weight excluding hydrogens is 266 g/mol. The van der Waals surface area contributed by atoms with Crippen molar-refractivity contribution in [3.05, 3.63) is 36.9 Å². The molecule has 0 atom stereocenters. The molecule has 0 bridgehead atoms. The topological polar surface area (TPSA) is 71.8 Å². The van der Waals surface area contributed by atoms with Gasteiger partial charge in [0.25, 0.3) is 0 Å². The third kappa shape index (κ3) is 3.46.